The van der Waals surface area contributed by atoms with Crippen molar-refractivity contribution in [1.29, 1.82) is 0 Å². The number of pyridine rings is 1. The number of nitro benzene ring substituents is 1. The molecule has 0 aliphatic carbocycles. The van der Waals surface area contributed by atoms with Crippen LogP contribution in [0.3, 0.4) is 0 Å². The number of benzene rings is 1. The maximum absolute atomic E-state index is 12.3. The molecule has 1 aromatic carbocycles. The molecule has 0 saturated carbocycles. The maximum Gasteiger partial charge on any atom is 0.269 e. The van der Waals surface area contributed by atoms with Crippen molar-refractivity contribution in [2.45, 2.75) is 16.7 Å². The van der Waals surface area contributed by atoms with Gasteiger partial charge in [0.05, 0.1) is 20.4 Å². The Labute approximate surface area is 109 Å². The molecule has 0 saturated heterocycles. The molecular weight excluding hydrogens is 268 g/mol. The highest BCUT2D eigenvalue weighted by Gasteiger charge is 2.21. The van der Waals surface area contributed by atoms with Crippen LogP contribution in [0.1, 0.15) is 5.69 Å². The van der Waals surface area contributed by atoms with E-state index in [9.17, 15) is 18.5 Å². The number of hydrogen-bond donors (Lipinski definition) is 0. The summed E-state index contributed by atoms with van der Waals surface area (Å²) in [6.07, 6.45) is 1.50. The van der Waals surface area contributed by atoms with Gasteiger partial charge in [0, 0.05) is 18.3 Å². The number of hydrogen-bond acceptors (Lipinski definition) is 5. The van der Waals surface area contributed by atoms with Crippen LogP contribution in [-0.4, -0.2) is 18.3 Å². The highest BCUT2D eigenvalue weighted by Crippen LogP contribution is 2.24. The lowest BCUT2D eigenvalue weighted by atomic mass is 10.3. The van der Waals surface area contributed by atoms with Crippen molar-refractivity contribution in [1.82, 2.24) is 4.98 Å². The predicted octanol–water partition coefficient (Wildman–Crippen LogP) is 2.13. The molecule has 2 rings (SSSR count). The molecular formula is C12H10N2O4S. The van der Waals surface area contributed by atoms with Gasteiger partial charge in [-0.2, -0.15) is 0 Å². The summed E-state index contributed by atoms with van der Waals surface area (Å²) in [7, 11) is -3.70. The molecule has 0 aliphatic heterocycles. The molecule has 0 N–H and O–H groups in total. The molecule has 0 atom stereocenters. The van der Waals surface area contributed by atoms with Crippen LogP contribution in [0.4, 0.5) is 5.69 Å². The average Bonchev–Trinajstić information content (AvgIpc) is 2.39. The minimum Gasteiger partial charge on any atom is -0.260 e. The summed E-state index contributed by atoms with van der Waals surface area (Å²) in [5, 5.41) is 10.5. The first-order valence-corrected chi connectivity index (χ1v) is 6.82. The van der Waals surface area contributed by atoms with Crippen LogP contribution < -0.4 is 0 Å². The normalized spacial score (nSPS) is 11.2. The lowest BCUT2D eigenvalue weighted by molar-refractivity contribution is -0.384. The van der Waals surface area contributed by atoms with Crippen molar-refractivity contribution in [2.75, 3.05) is 0 Å². The van der Waals surface area contributed by atoms with Crippen LogP contribution in [0, 0.1) is 17.0 Å². The molecule has 2 aromatic rings. The fraction of sp³-hybridized carbons (Fsp3) is 0.0833. The Kier molecular flexibility index (Phi) is 3.30. The largest absolute Gasteiger partial charge is 0.269 e. The van der Waals surface area contributed by atoms with E-state index in [-0.39, 0.29) is 15.5 Å². The SMILES string of the molecule is Cc1ncccc1S(=O)(=O)c1ccc([N+](=O)[O-])cc1. The highest BCUT2D eigenvalue weighted by molar-refractivity contribution is 7.91. The molecule has 19 heavy (non-hydrogen) atoms. The third-order valence-corrected chi connectivity index (χ3v) is 4.51. The second kappa shape index (κ2) is 4.77. The number of nitro groups is 1. The summed E-state index contributed by atoms with van der Waals surface area (Å²) >= 11 is 0. The van der Waals surface area contributed by atoms with Crippen LogP contribution in [0.25, 0.3) is 0 Å². The maximum atomic E-state index is 12.3. The molecule has 0 spiro atoms. The van der Waals surface area contributed by atoms with Gasteiger partial charge in [0.15, 0.2) is 0 Å². The highest BCUT2D eigenvalue weighted by atomic mass is 32.2. The zero-order valence-corrected chi connectivity index (χ0v) is 10.8. The molecule has 0 amide bonds. The molecule has 98 valence electrons. The van der Waals surface area contributed by atoms with Crippen molar-refractivity contribution >= 4 is 15.5 Å². The van der Waals surface area contributed by atoms with Crippen LogP contribution in [0.2, 0.25) is 0 Å². The third kappa shape index (κ3) is 2.45. The summed E-state index contributed by atoms with van der Waals surface area (Å²) in [5.41, 5.74) is 0.239. The fourth-order valence-corrected chi connectivity index (χ4v) is 3.08. The topological polar surface area (TPSA) is 90.2 Å². The quantitative estimate of drug-likeness (QED) is 0.633. The number of non-ortho nitro benzene ring substituents is 1. The van der Waals surface area contributed by atoms with E-state index >= 15 is 0 Å². The first kappa shape index (κ1) is 13.2. The van der Waals surface area contributed by atoms with Crippen molar-refractivity contribution in [3.8, 4) is 0 Å². The van der Waals surface area contributed by atoms with Crippen LogP contribution >= 0.6 is 0 Å². The lowest BCUT2D eigenvalue weighted by Crippen LogP contribution is -2.05. The molecule has 0 bridgehead atoms. The first-order chi connectivity index (χ1) is 8.93. The molecule has 0 radical (unpaired) electrons. The van der Waals surface area contributed by atoms with E-state index in [1.165, 1.54) is 42.6 Å². The van der Waals surface area contributed by atoms with Crippen LogP contribution in [0.5, 0.6) is 0 Å². The summed E-state index contributed by atoms with van der Waals surface area (Å²) in [6.45, 7) is 1.60. The van der Waals surface area contributed by atoms with Gasteiger partial charge >= 0.3 is 0 Å². The van der Waals surface area contributed by atoms with E-state index in [0.717, 1.165) is 0 Å². The van der Waals surface area contributed by atoms with E-state index in [2.05, 4.69) is 4.98 Å². The molecule has 0 unspecified atom stereocenters. The summed E-state index contributed by atoms with van der Waals surface area (Å²) in [4.78, 5) is 14.0. The average molecular weight is 278 g/mol. The molecule has 0 fully saturated rings. The van der Waals surface area contributed by atoms with Gasteiger partial charge in [-0.1, -0.05) is 0 Å². The monoisotopic (exact) mass is 278 g/mol. The Morgan fingerprint density at radius 2 is 1.79 bits per heavy atom. The molecule has 1 heterocycles. The first-order valence-electron chi connectivity index (χ1n) is 5.34. The zero-order chi connectivity index (χ0) is 14.0. The van der Waals surface area contributed by atoms with E-state index in [4.69, 9.17) is 0 Å². The zero-order valence-electron chi connectivity index (χ0n) is 9.98. The summed E-state index contributed by atoms with van der Waals surface area (Å²) in [6, 6.07) is 7.77. The van der Waals surface area contributed by atoms with E-state index in [1.807, 2.05) is 0 Å². The molecule has 0 aliphatic rings. The molecule has 6 nitrogen and oxygen atoms in total. The second-order valence-corrected chi connectivity index (χ2v) is 5.76. The molecule has 1 aromatic heterocycles. The van der Waals surface area contributed by atoms with Gasteiger partial charge in [0.2, 0.25) is 9.84 Å². The Morgan fingerprint density at radius 3 is 2.32 bits per heavy atom. The van der Waals surface area contributed by atoms with E-state index in [1.54, 1.807) is 6.92 Å². The molecule has 7 heteroatoms. The Hall–Kier alpha value is -2.28. The number of nitrogens with zero attached hydrogens (tertiary/aromatic N) is 2. The van der Waals surface area contributed by atoms with E-state index in [0.29, 0.717) is 5.69 Å². The predicted molar refractivity (Wildman–Crippen MR) is 67.5 cm³/mol. The summed E-state index contributed by atoms with van der Waals surface area (Å²) in [5.74, 6) is 0. The van der Waals surface area contributed by atoms with E-state index < -0.39 is 14.8 Å². The van der Waals surface area contributed by atoms with Gasteiger partial charge in [-0.05, 0) is 31.2 Å². The number of sulfone groups is 1. The van der Waals surface area contributed by atoms with Crippen molar-refractivity contribution in [2.24, 2.45) is 0 Å². The number of aryl methyl sites for hydroxylation is 1. The minimum atomic E-state index is -3.70. The van der Waals surface area contributed by atoms with Gasteiger partial charge in [0.1, 0.15) is 0 Å². The Bertz CT molecular complexity index is 724. The second-order valence-electron chi connectivity index (χ2n) is 3.84. The smallest absolute Gasteiger partial charge is 0.260 e. The van der Waals surface area contributed by atoms with Crippen molar-refractivity contribution in [3.05, 3.63) is 58.4 Å². The van der Waals surface area contributed by atoms with Gasteiger partial charge < -0.3 is 0 Å². The van der Waals surface area contributed by atoms with Crippen molar-refractivity contribution in [3.63, 3.8) is 0 Å². The van der Waals surface area contributed by atoms with Crippen molar-refractivity contribution < 1.29 is 13.3 Å². The number of aromatic nitrogens is 1. The summed E-state index contributed by atoms with van der Waals surface area (Å²) < 4.78 is 24.7. The fourth-order valence-electron chi connectivity index (χ4n) is 1.63. The standard InChI is InChI=1S/C12H10N2O4S/c1-9-12(3-2-8-13-9)19(17,18)11-6-4-10(5-7-11)14(15)16/h2-8H,1H3. The lowest BCUT2D eigenvalue weighted by Gasteiger charge is -2.06. The minimum absolute atomic E-state index is 0.00852. The Morgan fingerprint density at radius 1 is 1.16 bits per heavy atom. The van der Waals surface area contributed by atoms with Gasteiger partial charge in [-0.15, -0.1) is 0 Å². The Balaban J connectivity index is 2.52. The van der Waals surface area contributed by atoms with Crippen LogP contribution in [-0.2, 0) is 9.84 Å². The number of rotatable bonds is 3. The van der Waals surface area contributed by atoms with Gasteiger partial charge in [0.25, 0.3) is 5.69 Å². The van der Waals surface area contributed by atoms with Crippen LogP contribution in [0.15, 0.2) is 52.4 Å². The van der Waals surface area contributed by atoms with Gasteiger partial charge in [-0.3, -0.25) is 15.1 Å². The van der Waals surface area contributed by atoms with Gasteiger partial charge in [-0.25, -0.2) is 8.42 Å². The third-order valence-electron chi connectivity index (χ3n) is 2.61.